The molecule has 3 nitrogen and oxygen atoms in total. The quantitative estimate of drug-likeness (QED) is 0.911. The molecule has 0 spiro atoms. The Hall–Kier alpha value is -1.58. The molecule has 1 unspecified atom stereocenters. The Bertz CT molecular complexity index is 572. The molecule has 4 heteroatoms. The predicted octanol–water partition coefficient (Wildman–Crippen LogP) is 3.80. The molecule has 0 saturated carbocycles. The Balaban J connectivity index is 2.13. The molecule has 20 heavy (non-hydrogen) atoms. The van der Waals surface area contributed by atoms with Gasteiger partial charge in [0.25, 0.3) is 0 Å². The summed E-state index contributed by atoms with van der Waals surface area (Å²) in [7, 11) is 0. The van der Waals surface area contributed by atoms with E-state index >= 15 is 0 Å². The van der Waals surface area contributed by atoms with Crippen LogP contribution in [0.5, 0.6) is 5.75 Å². The van der Waals surface area contributed by atoms with Gasteiger partial charge in [-0.1, -0.05) is 29.8 Å². The number of benzene rings is 1. The van der Waals surface area contributed by atoms with Gasteiger partial charge in [0, 0.05) is 23.2 Å². The van der Waals surface area contributed by atoms with E-state index in [1.165, 1.54) is 0 Å². The smallest absolute Gasteiger partial charge is 0.138 e. The van der Waals surface area contributed by atoms with E-state index < -0.39 is 6.10 Å². The molecule has 0 saturated heterocycles. The molecular formula is C16H18ClNO2. The largest absolute Gasteiger partial charge is 0.489 e. The lowest BCUT2D eigenvalue weighted by atomic mass is 10.0. The van der Waals surface area contributed by atoms with E-state index in [1.54, 1.807) is 12.4 Å². The molecule has 1 N–H and O–H groups in total. The fourth-order valence-electron chi connectivity index (χ4n) is 1.94. The second-order valence-corrected chi connectivity index (χ2v) is 5.34. The van der Waals surface area contributed by atoms with E-state index in [9.17, 15) is 5.11 Å². The van der Waals surface area contributed by atoms with Crippen LogP contribution in [0, 0.1) is 0 Å². The summed E-state index contributed by atoms with van der Waals surface area (Å²) >= 11 is 6.10. The molecule has 1 aromatic heterocycles. The van der Waals surface area contributed by atoms with Crippen molar-refractivity contribution in [2.45, 2.75) is 32.5 Å². The second-order valence-electron chi connectivity index (χ2n) is 4.93. The summed E-state index contributed by atoms with van der Waals surface area (Å²) in [5.74, 6) is 0.663. The molecule has 0 radical (unpaired) electrons. The summed E-state index contributed by atoms with van der Waals surface area (Å²) in [6, 6.07) is 9.32. The number of hydrogen-bond acceptors (Lipinski definition) is 3. The molecule has 0 fully saturated rings. The van der Waals surface area contributed by atoms with Crippen LogP contribution < -0.4 is 4.74 Å². The molecule has 0 amide bonds. The third kappa shape index (κ3) is 3.95. The fourth-order valence-corrected chi connectivity index (χ4v) is 2.16. The zero-order chi connectivity index (χ0) is 14.5. The summed E-state index contributed by atoms with van der Waals surface area (Å²) in [5, 5.41) is 11.0. The summed E-state index contributed by atoms with van der Waals surface area (Å²) in [5.41, 5.74) is 1.64. The van der Waals surface area contributed by atoms with E-state index in [0.29, 0.717) is 17.2 Å². The van der Waals surface area contributed by atoms with Crippen molar-refractivity contribution < 1.29 is 9.84 Å². The van der Waals surface area contributed by atoms with Gasteiger partial charge in [0.2, 0.25) is 0 Å². The van der Waals surface area contributed by atoms with Gasteiger partial charge in [-0.15, -0.1) is 0 Å². The number of aliphatic hydroxyl groups is 1. The van der Waals surface area contributed by atoms with Gasteiger partial charge >= 0.3 is 0 Å². The van der Waals surface area contributed by atoms with Crippen LogP contribution in [0.15, 0.2) is 42.7 Å². The van der Waals surface area contributed by atoms with Gasteiger partial charge in [-0.3, -0.25) is 4.98 Å². The number of hydrogen-bond donors (Lipinski definition) is 1. The Kier molecular flexibility index (Phi) is 4.99. The van der Waals surface area contributed by atoms with Gasteiger partial charge in [-0.25, -0.2) is 0 Å². The highest BCUT2D eigenvalue weighted by Gasteiger charge is 2.12. The molecule has 0 aliphatic heterocycles. The van der Waals surface area contributed by atoms with Gasteiger partial charge in [0.15, 0.2) is 0 Å². The molecular weight excluding hydrogens is 274 g/mol. The second kappa shape index (κ2) is 6.73. The standard InChI is InChI=1S/C16H18ClNO2/c1-11(2)20-14-7-13(9-18-10-14)16(19)8-12-5-3-4-6-15(12)17/h3-7,9-11,16,19H,8H2,1-2H3. The molecule has 2 aromatic rings. The maximum Gasteiger partial charge on any atom is 0.138 e. The molecule has 0 aliphatic carbocycles. The first-order valence-corrected chi connectivity index (χ1v) is 6.97. The number of nitrogens with zero attached hydrogens (tertiary/aromatic N) is 1. The Morgan fingerprint density at radius 2 is 2.00 bits per heavy atom. The van der Waals surface area contributed by atoms with Crippen LogP contribution >= 0.6 is 11.6 Å². The third-order valence-corrected chi connectivity index (χ3v) is 3.23. The summed E-state index contributed by atoms with van der Waals surface area (Å²) in [6.07, 6.45) is 3.17. The molecule has 106 valence electrons. The Morgan fingerprint density at radius 1 is 1.25 bits per heavy atom. The van der Waals surface area contributed by atoms with Crippen molar-refractivity contribution in [3.63, 3.8) is 0 Å². The van der Waals surface area contributed by atoms with E-state index in [1.807, 2.05) is 44.2 Å². The SMILES string of the molecule is CC(C)Oc1cncc(C(O)Cc2ccccc2Cl)c1. The summed E-state index contributed by atoms with van der Waals surface area (Å²) in [6.45, 7) is 3.90. The molecule has 1 aromatic carbocycles. The molecule has 2 rings (SSSR count). The van der Waals surface area contributed by atoms with Crippen LogP contribution in [0.2, 0.25) is 5.02 Å². The Morgan fingerprint density at radius 3 is 2.70 bits per heavy atom. The van der Waals surface area contributed by atoms with Crippen LogP contribution in [0.1, 0.15) is 31.1 Å². The highest BCUT2D eigenvalue weighted by molar-refractivity contribution is 6.31. The minimum atomic E-state index is -0.655. The number of pyridine rings is 1. The van der Waals surface area contributed by atoms with Crippen molar-refractivity contribution in [2.75, 3.05) is 0 Å². The number of rotatable bonds is 5. The number of halogens is 1. The molecule has 1 heterocycles. The first kappa shape index (κ1) is 14.8. The zero-order valence-electron chi connectivity index (χ0n) is 11.6. The van der Waals surface area contributed by atoms with Crippen molar-refractivity contribution >= 4 is 11.6 Å². The highest BCUT2D eigenvalue weighted by atomic mass is 35.5. The molecule has 0 aliphatic rings. The molecule has 1 atom stereocenters. The van der Waals surface area contributed by atoms with Crippen LogP contribution in [-0.4, -0.2) is 16.2 Å². The lowest BCUT2D eigenvalue weighted by molar-refractivity contribution is 0.176. The Labute approximate surface area is 124 Å². The zero-order valence-corrected chi connectivity index (χ0v) is 12.3. The minimum Gasteiger partial charge on any atom is -0.489 e. The fraction of sp³-hybridized carbons (Fsp3) is 0.312. The van der Waals surface area contributed by atoms with Crippen LogP contribution in [-0.2, 0) is 6.42 Å². The first-order chi connectivity index (χ1) is 9.56. The minimum absolute atomic E-state index is 0.0766. The predicted molar refractivity (Wildman–Crippen MR) is 80.1 cm³/mol. The summed E-state index contributed by atoms with van der Waals surface area (Å²) in [4.78, 5) is 4.10. The van der Waals surface area contributed by atoms with Gasteiger partial charge in [-0.05, 0) is 31.5 Å². The summed E-state index contributed by atoms with van der Waals surface area (Å²) < 4.78 is 5.58. The topological polar surface area (TPSA) is 42.4 Å². The number of aliphatic hydroxyl groups excluding tert-OH is 1. The van der Waals surface area contributed by atoms with Crippen molar-refractivity contribution in [1.29, 1.82) is 0 Å². The number of aromatic nitrogens is 1. The molecule has 0 bridgehead atoms. The maximum atomic E-state index is 10.3. The van der Waals surface area contributed by atoms with E-state index in [4.69, 9.17) is 16.3 Å². The highest BCUT2D eigenvalue weighted by Crippen LogP contribution is 2.25. The monoisotopic (exact) mass is 291 g/mol. The van der Waals surface area contributed by atoms with Crippen LogP contribution in [0.3, 0.4) is 0 Å². The van der Waals surface area contributed by atoms with E-state index in [0.717, 1.165) is 11.1 Å². The third-order valence-electron chi connectivity index (χ3n) is 2.86. The van der Waals surface area contributed by atoms with E-state index in [2.05, 4.69) is 4.98 Å². The first-order valence-electron chi connectivity index (χ1n) is 6.59. The van der Waals surface area contributed by atoms with Gasteiger partial charge in [0.05, 0.1) is 18.4 Å². The van der Waals surface area contributed by atoms with Crippen molar-refractivity contribution in [3.05, 3.63) is 58.9 Å². The van der Waals surface area contributed by atoms with Gasteiger partial charge in [-0.2, -0.15) is 0 Å². The normalized spacial score (nSPS) is 12.4. The average Bonchev–Trinajstić information content (AvgIpc) is 2.41. The van der Waals surface area contributed by atoms with Crippen molar-refractivity contribution in [2.24, 2.45) is 0 Å². The lowest BCUT2D eigenvalue weighted by Gasteiger charge is -2.14. The maximum absolute atomic E-state index is 10.3. The average molecular weight is 292 g/mol. The van der Waals surface area contributed by atoms with Gasteiger partial charge < -0.3 is 9.84 Å². The van der Waals surface area contributed by atoms with Crippen molar-refractivity contribution in [1.82, 2.24) is 4.98 Å². The van der Waals surface area contributed by atoms with Crippen molar-refractivity contribution in [3.8, 4) is 5.75 Å². The van der Waals surface area contributed by atoms with Crippen LogP contribution in [0.4, 0.5) is 0 Å². The van der Waals surface area contributed by atoms with Gasteiger partial charge in [0.1, 0.15) is 5.75 Å². The van der Waals surface area contributed by atoms with Crippen LogP contribution in [0.25, 0.3) is 0 Å². The van der Waals surface area contributed by atoms with E-state index in [-0.39, 0.29) is 6.10 Å². The lowest BCUT2D eigenvalue weighted by Crippen LogP contribution is -2.08. The number of ether oxygens (including phenoxy) is 1.